The highest BCUT2D eigenvalue weighted by Crippen LogP contribution is 2.31. The molecule has 1 aromatic heterocycles. The van der Waals surface area contributed by atoms with E-state index in [0.717, 1.165) is 0 Å². The third kappa shape index (κ3) is 2.92. The highest BCUT2D eigenvalue weighted by atomic mass is 35.5. The molecule has 1 heterocycles. The summed E-state index contributed by atoms with van der Waals surface area (Å²) >= 11 is 5.92. The van der Waals surface area contributed by atoms with Gasteiger partial charge in [0.2, 0.25) is 0 Å². The molecule has 20 heavy (non-hydrogen) atoms. The Morgan fingerprint density at radius 3 is 2.80 bits per heavy atom. The Hall–Kier alpha value is -2.47. The molecule has 7 heteroatoms. The number of benzene rings is 1. The lowest BCUT2D eigenvalue weighted by molar-refractivity contribution is 0.0696. The van der Waals surface area contributed by atoms with E-state index < -0.39 is 5.97 Å². The summed E-state index contributed by atoms with van der Waals surface area (Å²) in [6.07, 6.45) is 1.22. The molecule has 4 N–H and O–H groups in total. The Morgan fingerprint density at radius 2 is 2.20 bits per heavy atom. The number of hydrogen-bond acceptors (Lipinski definition) is 5. The first-order chi connectivity index (χ1) is 9.51. The largest absolute Gasteiger partial charge is 0.495 e. The maximum absolute atomic E-state index is 10.8. The quantitative estimate of drug-likeness (QED) is 0.802. The fourth-order valence-electron chi connectivity index (χ4n) is 1.61. The zero-order valence-electron chi connectivity index (χ0n) is 10.6. The van der Waals surface area contributed by atoms with Crippen LogP contribution in [0.3, 0.4) is 0 Å². The number of ether oxygens (including phenoxy) is 1. The first kappa shape index (κ1) is 14.0. The van der Waals surface area contributed by atoms with Crippen molar-refractivity contribution in [3.63, 3.8) is 0 Å². The zero-order valence-corrected chi connectivity index (χ0v) is 11.3. The fourth-order valence-corrected chi connectivity index (χ4v) is 1.78. The number of hydrogen-bond donors (Lipinski definition) is 3. The summed E-state index contributed by atoms with van der Waals surface area (Å²) in [5, 5.41) is 12.3. The molecule has 0 unspecified atom stereocenters. The number of halogens is 1. The van der Waals surface area contributed by atoms with Crippen molar-refractivity contribution in [3.8, 4) is 5.75 Å². The van der Waals surface area contributed by atoms with Crippen molar-refractivity contribution in [3.05, 3.63) is 41.0 Å². The van der Waals surface area contributed by atoms with Gasteiger partial charge in [0.25, 0.3) is 0 Å². The molecule has 0 spiro atoms. The lowest BCUT2D eigenvalue weighted by atomic mass is 10.2. The maximum Gasteiger partial charge on any atom is 0.337 e. The molecule has 1 aromatic carbocycles. The second-order valence-corrected chi connectivity index (χ2v) is 4.37. The van der Waals surface area contributed by atoms with E-state index in [1.54, 1.807) is 18.2 Å². The van der Waals surface area contributed by atoms with E-state index in [1.807, 2.05) is 0 Å². The second-order valence-electron chi connectivity index (χ2n) is 3.94. The molecule has 2 rings (SSSR count). The van der Waals surface area contributed by atoms with E-state index in [2.05, 4.69) is 10.3 Å². The van der Waals surface area contributed by atoms with Crippen molar-refractivity contribution in [2.24, 2.45) is 0 Å². The third-order valence-electron chi connectivity index (χ3n) is 2.58. The number of nitrogen functional groups attached to an aromatic ring is 1. The molecule has 0 aliphatic heterocycles. The van der Waals surface area contributed by atoms with Crippen molar-refractivity contribution < 1.29 is 14.6 Å². The number of methoxy groups -OCH3 is 1. The Labute approximate surface area is 120 Å². The summed E-state index contributed by atoms with van der Waals surface area (Å²) in [6, 6.07) is 6.38. The number of aromatic carboxylic acids is 1. The van der Waals surface area contributed by atoms with E-state index in [4.69, 9.17) is 27.2 Å². The third-order valence-corrected chi connectivity index (χ3v) is 2.81. The predicted octanol–water partition coefficient (Wildman–Crippen LogP) is 2.77. The smallest absolute Gasteiger partial charge is 0.337 e. The van der Waals surface area contributed by atoms with Gasteiger partial charge >= 0.3 is 5.97 Å². The summed E-state index contributed by atoms with van der Waals surface area (Å²) in [5.74, 6) is -0.190. The molecule has 0 saturated heterocycles. The molecule has 104 valence electrons. The van der Waals surface area contributed by atoms with E-state index in [1.165, 1.54) is 19.4 Å². The van der Waals surface area contributed by atoms with Gasteiger partial charge in [-0.2, -0.15) is 0 Å². The van der Waals surface area contributed by atoms with E-state index >= 15 is 0 Å². The highest BCUT2D eigenvalue weighted by molar-refractivity contribution is 6.31. The minimum atomic E-state index is -1.09. The summed E-state index contributed by atoms with van der Waals surface area (Å²) in [7, 11) is 1.53. The van der Waals surface area contributed by atoms with Gasteiger partial charge in [-0.05, 0) is 24.3 Å². The van der Waals surface area contributed by atoms with Gasteiger partial charge in [0.05, 0.1) is 24.0 Å². The second kappa shape index (κ2) is 5.66. The molecule has 0 saturated carbocycles. The van der Waals surface area contributed by atoms with Crippen molar-refractivity contribution >= 4 is 34.8 Å². The number of rotatable bonds is 4. The number of aromatic nitrogens is 1. The molecule has 0 radical (unpaired) electrons. The number of anilines is 3. The van der Waals surface area contributed by atoms with Crippen LogP contribution in [0.1, 0.15) is 10.4 Å². The molecule has 0 aliphatic carbocycles. The standard InChI is InChI=1S/C13H12ClN3O3/c1-20-11-3-2-8(14)5-10(11)17-12-9(15)4-7(6-16-12)13(18)19/h2-6H,15H2,1H3,(H,16,17)(H,18,19). The average molecular weight is 294 g/mol. The molecule has 0 atom stereocenters. The number of carbonyl (C=O) groups is 1. The summed E-state index contributed by atoms with van der Waals surface area (Å²) in [5.41, 5.74) is 6.59. The van der Waals surface area contributed by atoms with Crippen LogP contribution in [0.4, 0.5) is 17.2 Å². The first-order valence-corrected chi connectivity index (χ1v) is 5.98. The minimum Gasteiger partial charge on any atom is -0.495 e. The molecule has 0 amide bonds. The van der Waals surface area contributed by atoms with E-state index in [-0.39, 0.29) is 11.3 Å². The van der Waals surface area contributed by atoms with Crippen molar-refractivity contribution in [2.75, 3.05) is 18.2 Å². The van der Waals surface area contributed by atoms with Crippen molar-refractivity contribution in [2.45, 2.75) is 0 Å². The molecule has 6 nitrogen and oxygen atoms in total. The van der Waals surface area contributed by atoms with Gasteiger partial charge in [-0.1, -0.05) is 11.6 Å². The maximum atomic E-state index is 10.8. The molecule has 0 fully saturated rings. The van der Waals surface area contributed by atoms with E-state index in [9.17, 15) is 4.79 Å². The van der Waals surface area contributed by atoms with Crippen LogP contribution in [-0.4, -0.2) is 23.2 Å². The molecule has 0 aliphatic rings. The van der Waals surface area contributed by atoms with Crippen LogP contribution >= 0.6 is 11.6 Å². The van der Waals surface area contributed by atoms with Crippen LogP contribution < -0.4 is 15.8 Å². The van der Waals surface area contributed by atoms with Gasteiger partial charge in [0.15, 0.2) is 5.82 Å². The monoisotopic (exact) mass is 293 g/mol. The molecule has 2 aromatic rings. The van der Waals surface area contributed by atoms with Crippen LogP contribution in [0.5, 0.6) is 5.75 Å². The fraction of sp³-hybridized carbons (Fsp3) is 0.0769. The number of carboxylic acid groups (broad SMARTS) is 1. The van der Waals surface area contributed by atoms with Crippen LogP contribution in [0.25, 0.3) is 0 Å². The van der Waals surface area contributed by atoms with Gasteiger partial charge in [-0.25, -0.2) is 9.78 Å². The topological polar surface area (TPSA) is 97.5 Å². The Balaban J connectivity index is 2.35. The van der Waals surface area contributed by atoms with Crippen LogP contribution in [0.15, 0.2) is 30.5 Å². The van der Waals surface area contributed by atoms with Gasteiger partial charge in [0, 0.05) is 11.2 Å². The number of carboxylic acids is 1. The normalized spacial score (nSPS) is 10.1. The number of pyridine rings is 1. The van der Waals surface area contributed by atoms with Crippen LogP contribution in [-0.2, 0) is 0 Å². The SMILES string of the molecule is COc1ccc(Cl)cc1Nc1ncc(C(=O)O)cc1N. The van der Waals surface area contributed by atoms with Gasteiger partial charge in [-0.15, -0.1) is 0 Å². The van der Waals surface area contributed by atoms with Crippen LogP contribution in [0, 0.1) is 0 Å². The van der Waals surface area contributed by atoms with Gasteiger partial charge < -0.3 is 20.9 Å². The van der Waals surface area contributed by atoms with Gasteiger partial charge in [0.1, 0.15) is 5.75 Å². The number of nitrogens with one attached hydrogen (secondary N) is 1. The summed E-state index contributed by atoms with van der Waals surface area (Å²) < 4.78 is 5.19. The molecule has 0 bridgehead atoms. The summed E-state index contributed by atoms with van der Waals surface area (Å²) in [4.78, 5) is 14.8. The lowest BCUT2D eigenvalue weighted by Gasteiger charge is -2.12. The first-order valence-electron chi connectivity index (χ1n) is 5.60. The summed E-state index contributed by atoms with van der Waals surface area (Å²) in [6.45, 7) is 0. The lowest BCUT2D eigenvalue weighted by Crippen LogP contribution is -2.04. The van der Waals surface area contributed by atoms with E-state index in [0.29, 0.717) is 22.3 Å². The average Bonchev–Trinajstić information content (AvgIpc) is 2.41. The highest BCUT2D eigenvalue weighted by Gasteiger charge is 2.10. The minimum absolute atomic E-state index is 0.0195. The van der Waals surface area contributed by atoms with Crippen molar-refractivity contribution in [1.82, 2.24) is 4.98 Å². The molecular weight excluding hydrogens is 282 g/mol. The Bertz CT molecular complexity index is 661. The Kier molecular flexibility index (Phi) is 3.95. The Morgan fingerprint density at radius 1 is 1.45 bits per heavy atom. The van der Waals surface area contributed by atoms with Crippen molar-refractivity contribution in [1.29, 1.82) is 0 Å². The number of nitrogens with zero attached hydrogens (tertiary/aromatic N) is 1. The van der Waals surface area contributed by atoms with Crippen LogP contribution in [0.2, 0.25) is 5.02 Å². The predicted molar refractivity (Wildman–Crippen MR) is 76.9 cm³/mol. The zero-order chi connectivity index (χ0) is 14.7. The number of nitrogens with two attached hydrogens (primary N) is 1. The molecular formula is C13H12ClN3O3. The van der Waals surface area contributed by atoms with Gasteiger partial charge in [-0.3, -0.25) is 0 Å².